The van der Waals surface area contributed by atoms with Crippen molar-refractivity contribution in [1.29, 1.82) is 0 Å². The molecule has 4 aromatic rings. The van der Waals surface area contributed by atoms with Crippen LogP contribution in [0.4, 0.5) is 32.1 Å². The number of aromatic nitrogens is 6. The highest BCUT2D eigenvalue weighted by Crippen LogP contribution is 2.31. The molecule has 0 saturated heterocycles. The number of aryl methyl sites for hydroxylation is 2. The molecule has 1 aliphatic heterocycles. The number of nitrogens with one attached hydrogen (secondary N) is 1. The summed E-state index contributed by atoms with van der Waals surface area (Å²) < 4.78 is 36.2. The summed E-state index contributed by atoms with van der Waals surface area (Å²) in [6.07, 6.45) is 3.41. The second-order valence-electron chi connectivity index (χ2n) is 7.66. The summed E-state index contributed by atoms with van der Waals surface area (Å²) in [5.74, 6) is 0.461. The molecule has 0 atom stereocenters. The third-order valence-electron chi connectivity index (χ3n) is 5.40. The van der Waals surface area contributed by atoms with Crippen LogP contribution in [-0.4, -0.2) is 43.2 Å². The summed E-state index contributed by atoms with van der Waals surface area (Å²) in [5.41, 5.74) is 2.01. The zero-order chi connectivity index (χ0) is 22.9. The Balaban J connectivity index is 1.44. The average molecular weight is 452 g/mol. The van der Waals surface area contributed by atoms with E-state index in [2.05, 4.69) is 25.5 Å². The molecular weight excluding hydrogens is 430 g/mol. The SMILES string of the molecule is COc1cc(Nc2nc3n(n2)CCCCN3c2ccc(F)c(F)c2)ccc1-n1cnc(C)n1. The molecule has 0 fully saturated rings. The van der Waals surface area contributed by atoms with Gasteiger partial charge in [0.25, 0.3) is 0 Å². The van der Waals surface area contributed by atoms with Gasteiger partial charge in [-0.3, -0.25) is 0 Å². The summed E-state index contributed by atoms with van der Waals surface area (Å²) in [4.78, 5) is 10.6. The molecule has 2 aromatic heterocycles. The van der Waals surface area contributed by atoms with Crippen LogP contribution in [0.3, 0.4) is 0 Å². The van der Waals surface area contributed by atoms with Gasteiger partial charge < -0.3 is 15.0 Å². The lowest BCUT2D eigenvalue weighted by Gasteiger charge is -2.21. The Hall–Kier alpha value is -4.02. The Labute approximate surface area is 188 Å². The van der Waals surface area contributed by atoms with Gasteiger partial charge >= 0.3 is 0 Å². The van der Waals surface area contributed by atoms with E-state index in [1.54, 1.807) is 28.9 Å². The van der Waals surface area contributed by atoms with Gasteiger partial charge in [-0.25, -0.2) is 23.1 Å². The summed E-state index contributed by atoms with van der Waals surface area (Å²) in [5, 5.41) is 12.1. The minimum absolute atomic E-state index is 0.394. The fourth-order valence-electron chi connectivity index (χ4n) is 3.80. The average Bonchev–Trinajstić information content (AvgIpc) is 3.36. The minimum atomic E-state index is -0.893. The third kappa shape index (κ3) is 4.09. The summed E-state index contributed by atoms with van der Waals surface area (Å²) in [7, 11) is 1.59. The lowest BCUT2D eigenvalue weighted by Crippen LogP contribution is -2.20. The van der Waals surface area contributed by atoms with Crippen LogP contribution in [0.25, 0.3) is 5.69 Å². The van der Waals surface area contributed by atoms with Crippen molar-refractivity contribution in [2.24, 2.45) is 0 Å². The van der Waals surface area contributed by atoms with E-state index in [0.717, 1.165) is 30.3 Å². The van der Waals surface area contributed by atoms with Gasteiger partial charge in [-0.2, -0.15) is 10.1 Å². The fourth-order valence-corrected chi connectivity index (χ4v) is 3.80. The molecule has 1 aliphatic rings. The van der Waals surface area contributed by atoms with Gasteiger partial charge in [0.15, 0.2) is 11.6 Å². The molecule has 11 heteroatoms. The van der Waals surface area contributed by atoms with E-state index in [1.807, 2.05) is 30.0 Å². The zero-order valence-electron chi connectivity index (χ0n) is 18.2. The van der Waals surface area contributed by atoms with Gasteiger partial charge in [0.1, 0.15) is 23.6 Å². The maximum Gasteiger partial charge on any atom is 0.248 e. The topological polar surface area (TPSA) is 85.9 Å². The van der Waals surface area contributed by atoms with Crippen LogP contribution in [0.15, 0.2) is 42.7 Å². The quantitative estimate of drug-likeness (QED) is 0.487. The molecule has 9 nitrogen and oxygen atoms in total. The number of anilines is 4. The fraction of sp³-hybridized carbons (Fsp3) is 0.273. The first-order valence-corrected chi connectivity index (χ1v) is 10.5. The standard InChI is InChI=1S/C22H22F2N8O/c1-14-25-13-32(28-14)19-8-5-15(11-20(19)33-2)26-21-27-22-30(9-3-4-10-31(22)29-21)16-6-7-17(23)18(24)12-16/h5-8,11-13H,3-4,9-10H2,1-2H3,(H,26,29). The van der Waals surface area contributed by atoms with Gasteiger partial charge in [0.05, 0.1) is 7.11 Å². The normalized spacial score (nSPS) is 13.5. The first kappa shape index (κ1) is 20.9. The lowest BCUT2D eigenvalue weighted by molar-refractivity contribution is 0.412. The maximum atomic E-state index is 13.9. The number of nitrogens with zero attached hydrogens (tertiary/aromatic N) is 7. The molecule has 1 N–H and O–H groups in total. The molecule has 0 saturated carbocycles. The molecule has 170 valence electrons. The number of rotatable bonds is 5. The number of ether oxygens (including phenoxy) is 1. The smallest absolute Gasteiger partial charge is 0.248 e. The van der Waals surface area contributed by atoms with E-state index in [-0.39, 0.29) is 0 Å². The highest BCUT2D eigenvalue weighted by molar-refractivity contribution is 5.64. The minimum Gasteiger partial charge on any atom is -0.494 e. The Bertz CT molecular complexity index is 1300. The van der Waals surface area contributed by atoms with E-state index in [4.69, 9.17) is 4.74 Å². The van der Waals surface area contributed by atoms with Crippen molar-refractivity contribution in [2.75, 3.05) is 23.9 Å². The van der Waals surface area contributed by atoms with Gasteiger partial charge in [-0.1, -0.05) is 0 Å². The highest BCUT2D eigenvalue weighted by atomic mass is 19.2. The molecule has 5 rings (SSSR count). The lowest BCUT2D eigenvalue weighted by atomic mass is 10.2. The number of methoxy groups -OCH3 is 1. The van der Waals surface area contributed by atoms with Crippen LogP contribution in [0, 0.1) is 18.6 Å². The number of hydrogen-bond acceptors (Lipinski definition) is 7. The molecule has 0 amide bonds. The molecule has 0 radical (unpaired) electrons. The molecule has 33 heavy (non-hydrogen) atoms. The van der Waals surface area contributed by atoms with Crippen molar-refractivity contribution in [2.45, 2.75) is 26.3 Å². The second kappa shape index (κ2) is 8.49. The Kier molecular flexibility index (Phi) is 5.37. The van der Waals surface area contributed by atoms with E-state index >= 15 is 0 Å². The van der Waals surface area contributed by atoms with E-state index < -0.39 is 11.6 Å². The number of fused-ring (bicyclic) bond motifs is 1. The molecule has 0 aliphatic carbocycles. The summed E-state index contributed by atoms with van der Waals surface area (Å²) in [6, 6.07) is 9.41. The number of halogens is 2. The molecule has 3 heterocycles. The second-order valence-corrected chi connectivity index (χ2v) is 7.66. The predicted molar refractivity (Wildman–Crippen MR) is 119 cm³/mol. The van der Waals surface area contributed by atoms with Crippen LogP contribution in [-0.2, 0) is 6.54 Å². The maximum absolute atomic E-state index is 13.9. The summed E-state index contributed by atoms with van der Waals surface area (Å²) in [6.45, 7) is 3.12. The van der Waals surface area contributed by atoms with E-state index in [1.165, 1.54) is 6.07 Å². The van der Waals surface area contributed by atoms with Gasteiger partial charge in [0, 0.05) is 36.6 Å². The summed E-state index contributed by atoms with van der Waals surface area (Å²) >= 11 is 0. The van der Waals surface area contributed by atoms with Crippen LogP contribution in [0.2, 0.25) is 0 Å². The van der Waals surface area contributed by atoms with Crippen LogP contribution in [0.1, 0.15) is 18.7 Å². The van der Waals surface area contributed by atoms with Crippen LogP contribution < -0.4 is 15.0 Å². The first-order chi connectivity index (χ1) is 16.0. The van der Waals surface area contributed by atoms with Crippen LogP contribution in [0.5, 0.6) is 5.75 Å². The van der Waals surface area contributed by atoms with Gasteiger partial charge in [-0.05, 0) is 44.0 Å². The van der Waals surface area contributed by atoms with Gasteiger partial charge in [0.2, 0.25) is 11.9 Å². The number of benzene rings is 2. The Morgan fingerprint density at radius 3 is 2.61 bits per heavy atom. The molecule has 0 spiro atoms. The van der Waals surface area contributed by atoms with E-state index in [9.17, 15) is 8.78 Å². The third-order valence-corrected chi connectivity index (χ3v) is 5.40. The number of hydrogen-bond donors (Lipinski definition) is 1. The van der Waals surface area contributed by atoms with Crippen LogP contribution >= 0.6 is 0 Å². The van der Waals surface area contributed by atoms with Crippen molar-refractivity contribution in [3.8, 4) is 11.4 Å². The van der Waals surface area contributed by atoms with Crippen molar-refractivity contribution in [1.82, 2.24) is 29.5 Å². The van der Waals surface area contributed by atoms with Crippen molar-refractivity contribution < 1.29 is 13.5 Å². The molecule has 2 aromatic carbocycles. The molecule has 0 unspecified atom stereocenters. The van der Waals surface area contributed by atoms with Crippen molar-refractivity contribution in [3.63, 3.8) is 0 Å². The predicted octanol–water partition coefficient (Wildman–Crippen LogP) is 4.13. The monoisotopic (exact) mass is 452 g/mol. The highest BCUT2D eigenvalue weighted by Gasteiger charge is 2.22. The van der Waals surface area contributed by atoms with Crippen molar-refractivity contribution >= 4 is 23.3 Å². The molecule has 0 bridgehead atoms. The molecular formula is C22H22F2N8O. The van der Waals surface area contributed by atoms with E-state index in [0.29, 0.717) is 42.2 Å². The first-order valence-electron chi connectivity index (χ1n) is 10.5. The Morgan fingerprint density at radius 1 is 1.00 bits per heavy atom. The Morgan fingerprint density at radius 2 is 1.85 bits per heavy atom. The largest absolute Gasteiger partial charge is 0.494 e. The van der Waals surface area contributed by atoms with Gasteiger partial charge in [-0.15, -0.1) is 5.10 Å². The van der Waals surface area contributed by atoms with Crippen molar-refractivity contribution in [3.05, 3.63) is 60.2 Å². The zero-order valence-corrected chi connectivity index (χ0v) is 18.2.